The van der Waals surface area contributed by atoms with Gasteiger partial charge in [0.1, 0.15) is 6.04 Å². The molecule has 1 aromatic carbocycles. The predicted octanol–water partition coefficient (Wildman–Crippen LogP) is 1.30. The van der Waals surface area contributed by atoms with E-state index in [1.54, 1.807) is 11.6 Å². The van der Waals surface area contributed by atoms with E-state index in [4.69, 9.17) is 4.74 Å². The van der Waals surface area contributed by atoms with Crippen molar-refractivity contribution < 1.29 is 14.3 Å². The lowest BCUT2D eigenvalue weighted by molar-refractivity contribution is -0.135. The molecule has 0 saturated carbocycles. The zero-order chi connectivity index (χ0) is 20.1. The molecule has 1 atom stereocenters. The Morgan fingerprint density at radius 1 is 1.21 bits per heavy atom. The van der Waals surface area contributed by atoms with Crippen LogP contribution in [0.1, 0.15) is 37.3 Å². The van der Waals surface area contributed by atoms with E-state index in [0.717, 1.165) is 49.0 Å². The first-order chi connectivity index (χ1) is 13.5. The number of carbonyl (C=O) groups excluding carboxylic acids is 2. The van der Waals surface area contributed by atoms with Crippen LogP contribution >= 0.6 is 12.4 Å². The molecule has 0 radical (unpaired) electrons. The second-order valence-corrected chi connectivity index (χ2v) is 7.14. The van der Waals surface area contributed by atoms with Crippen LogP contribution in [0.25, 0.3) is 11.0 Å². The van der Waals surface area contributed by atoms with Crippen molar-refractivity contribution in [3.05, 3.63) is 34.2 Å². The molecule has 9 heteroatoms. The minimum absolute atomic E-state index is 0. The fourth-order valence-corrected chi connectivity index (χ4v) is 3.77. The molecular weight excluding hydrogens is 396 g/mol. The summed E-state index contributed by atoms with van der Waals surface area (Å²) in [5.74, 6) is -0.698. The lowest BCUT2D eigenvalue weighted by Gasteiger charge is -2.21. The number of nitrogens with zero attached hydrogens (tertiary/aromatic N) is 2. The lowest BCUT2D eigenvalue weighted by Crippen LogP contribution is -2.44. The van der Waals surface area contributed by atoms with Crippen LogP contribution in [0.15, 0.2) is 23.0 Å². The first-order valence-electron chi connectivity index (χ1n) is 9.79. The molecule has 0 bridgehead atoms. The third kappa shape index (κ3) is 5.07. The van der Waals surface area contributed by atoms with Crippen molar-refractivity contribution in [2.24, 2.45) is 7.05 Å². The number of nitrogens with one attached hydrogen (secondary N) is 2. The highest BCUT2D eigenvalue weighted by Gasteiger charge is 2.31. The van der Waals surface area contributed by atoms with Gasteiger partial charge in [-0.2, -0.15) is 0 Å². The van der Waals surface area contributed by atoms with Gasteiger partial charge in [0.15, 0.2) is 0 Å². The summed E-state index contributed by atoms with van der Waals surface area (Å²) >= 11 is 0. The molecule has 2 amide bonds. The Morgan fingerprint density at radius 3 is 2.69 bits per heavy atom. The number of piperidine rings is 1. The lowest BCUT2D eigenvalue weighted by atomic mass is 10.0. The third-order valence-corrected chi connectivity index (χ3v) is 5.16. The van der Waals surface area contributed by atoms with Crippen LogP contribution in [-0.4, -0.2) is 47.8 Å². The molecule has 1 saturated heterocycles. The normalized spacial score (nSPS) is 16.7. The van der Waals surface area contributed by atoms with Gasteiger partial charge in [-0.1, -0.05) is 12.1 Å². The van der Waals surface area contributed by atoms with Crippen molar-refractivity contribution in [3.63, 3.8) is 0 Å². The van der Waals surface area contributed by atoms with Crippen molar-refractivity contribution in [1.82, 2.24) is 19.8 Å². The number of fused-ring (bicyclic) bond motifs is 1. The molecule has 2 aromatic rings. The third-order valence-electron chi connectivity index (χ3n) is 5.16. The molecule has 160 valence electrons. The van der Waals surface area contributed by atoms with Gasteiger partial charge in [-0.05, 0) is 50.9 Å². The van der Waals surface area contributed by atoms with Crippen molar-refractivity contribution in [2.75, 3.05) is 26.8 Å². The van der Waals surface area contributed by atoms with E-state index in [2.05, 4.69) is 10.6 Å². The van der Waals surface area contributed by atoms with Crippen LogP contribution < -0.4 is 16.3 Å². The fraction of sp³-hybridized carbons (Fsp3) is 0.550. The molecule has 8 nitrogen and oxygen atoms in total. The van der Waals surface area contributed by atoms with Crippen molar-refractivity contribution in [3.8, 4) is 0 Å². The summed E-state index contributed by atoms with van der Waals surface area (Å²) in [6.45, 7) is 2.34. The highest BCUT2D eigenvalue weighted by atomic mass is 35.5. The Labute approximate surface area is 176 Å². The molecule has 2 heterocycles. The number of halogens is 1. The van der Waals surface area contributed by atoms with E-state index >= 15 is 0 Å². The summed E-state index contributed by atoms with van der Waals surface area (Å²) in [7, 11) is 3.65. The number of aryl methyl sites for hydroxylation is 2. The first-order valence-corrected chi connectivity index (χ1v) is 9.79. The van der Waals surface area contributed by atoms with Crippen LogP contribution in [0.4, 0.5) is 0 Å². The van der Waals surface area contributed by atoms with E-state index in [1.165, 1.54) is 4.57 Å². The zero-order valence-corrected chi connectivity index (χ0v) is 17.7. The van der Waals surface area contributed by atoms with Gasteiger partial charge in [-0.15, -0.1) is 12.4 Å². The largest absolute Gasteiger partial charge is 0.381 e. The van der Waals surface area contributed by atoms with Gasteiger partial charge in [0, 0.05) is 26.7 Å². The monoisotopic (exact) mass is 424 g/mol. The summed E-state index contributed by atoms with van der Waals surface area (Å²) in [5, 5.41) is 5.43. The smallest absolute Gasteiger partial charge is 0.329 e. The summed E-state index contributed by atoms with van der Waals surface area (Å²) in [6, 6.07) is 5.13. The molecule has 0 spiro atoms. The minimum Gasteiger partial charge on any atom is -0.381 e. The molecule has 1 aromatic heterocycles. The second-order valence-electron chi connectivity index (χ2n) is 7.14. The molecular formula is C20H29ClN4O4. The van der Waals surface area contributed by atoms with Gasteiger partial charge < -0.3 is 10.1 Å². The quantitative estimate of drug-likeness (QED) is 0.467. The highest BCUT2D eigenvalue weighted by molar-refractivity contribution is 6.00. The minimum atomic E-state index is -0.653. The van der Waals surface area contributed by atoms with Gasteiger partial charge in [0.25, 0.3) is 0 Å². The maximum Gasteiger partial charge on any atom is 0.329 e. The summed E-state index contributed by atoms with van der Waals surface area (Å²) < 4.78 is 8.77. The fourth-order valence-electron chi connectivity index (χ4n) is 3.77. The number of benzene rings is 1. The van der Waals surface area contributed by atoms with E-state index in [9.17, 15) is 14.4 Å². The molecule has 1 fully saturated rings. The molecule has 1 unspecified atom stereocenters. The van der Waals surface area contributed by atoms with Gasteiger partial charge in [-0.3, -0.25) is 24.0 Å². The number of rotatable bonds is 9. The van der Waals surface area contributed by atoms with Crippen LogP contribution in [0.5, 0.6) is 0 Å². The number of carbonyl (C=O) groups is 2. The number of imide groups is 1. The van der Waals surface area contributed by atoms with Crippen molar-refractivity contribution in [2.45, 2.75) is 38.1 Å². The topological polar surface area (TPSA) is 94.4 Å². The summed E-state index contributed by atoms with van der Waals surface area (Å²) in [6.07, 6.45) is 3.21. The van der Waals surface area contributed by atoms with Crippen LogP contribution in [0.3, 0.4) is 0 Å². The van der Waals surface area contributed by atoms with Crippen molar-refractivity contribution in [1.29, 1.82) is 0 Å². The molecule has 0 aliphatic carbocycles. The van der Waals surface area contributed by atoms with E-state index in [-0.39, 0.29) is 30.4 Å². The van der Waals surface area contributed by atoms with Crippen molar-refractivity contribution >= 4 is 35.3 Å². The number of imidazole rings is 1. The van der Waals surface area contributed by atoms with Gasteiger partial charge in [-0.25, -0.2) is 4.79 Å². The first kappa shape index (κ1) is 23.1. The molecule has 1 aliphatic heterocycles. The zero-order valence-electron chi connectivity index (χ0n) is 16.9. The van der Waals surface area contributed by atoms with E-state index < -0.39 is 11.9 Å². The van der Waals surface area contributed by atoms with Gasteiger partial charge in [0.2, 0.25) is 11.8 Å². The molecule has 2 N–H and O–H groups in total. The molecule has 1 aliphatic rings. The van der Waals surface area contributed by atoms with E-state index in [0.29, 0.717) is 13.0 Å². The summed E-state index contributed by atoms with van der Waals surface area (Å²) in [5.41, 5.74) is 2.39. The molecule has 29 heavy (non-hydrogen) atoms. The Balaban J connectivity index is 0.00000300. The second kappa shape index (κ2) is 10.6. The standard InChI is InChI=1S/C20H28N4O4.ClH/c1-21-11-5-13-28-12-4-7-14-6-3-8-15-18(14)23(2)20(27)24(15)16-9-10-17(25)22-19(16)26;/h3,6,8,16,21H,4-5,7,9-13H2,1-2H3,(H,22,25,26);1H. The Kier molecular flexibility index (Phi) is 8.43. The van der Waals surface area contributed by atoms with Crippen LogP contribution in [0.2, 0.25) is 0 Å². The van der Waals surface area contributed by atoms with Crippen LogP contribution in [-0.2, 0) is 27.8 Å². The number of para-hydroxylation sites is 1. The Morgan fingerprint density at radius 2 is 1.97 bits per heavy atom. The van der Waals surface area contributed by atoms with Gasteiger partial charge >= 0.3 is 5.69 Å². The summed E-state index contributed by atoms with van der Waals surface area (Å²) in [4.78, 5) is 36.6. The average Bonchev–Trinajstić information content (AvgIpc) is 2.93. The Hall–Kier alpha value is -2.16. The van der Waals surface area contributed by atoms with Gasteiger partial charge in [0.05, 0.1) is 11.0 Å². The average molecular weight is 425 g/mol. The number of ether oxygens (including phenoxy) is 1. The number of aromatic nitrogens is 2. The number of hydrogen-bond acceptors (Lipinski definition) is 5. The predicted molar refractivity (Wildman–Crippen MR) is 114 cm³/mol. The molecule has 3 rings (SSSR count). The number of amides is 2. The van der Waals surface area contributed by atoms with Crippen LogP contribution in [0, 0.1) is 0 Å². The highest BCUT2D eigenvalue weighted by Crippen LogP contribution is 2.25. The number of hydrogen-bond donors (Lipinski definition) is 2. The SMILES string of the molecule is CNCCCOCCCc1cccc2c1n(C)c(=O)n2C1CCC(=O)NC1=O.Cl. The Bertz CT molecular complexity index is 921. The maximum absolute atomic E-state index is 12.9. The van der Waals surface area contributed by atoms with E-state index in [1.807, 2.05) is 25.2 Å². The maximum atomic E-state index is 12.9.